The lowest BCUT2D eigenvalue weighted by Gasteiger charge is -2.21. The molecular weight excluding hydrogens is 1350 g/mol. The van der Waals surface area contributed by atoms with E-state index in [1.54, 1.807) is 0 Å². The van der Waals surface area contributed by atoms with Gasteiger partial charge in [0.15, 0.2) is 12.2 Å². The van der Waals surface area contributed by atoms with Gasteiger partial charge in [0.1, 0.15) is 19.3 Å². The summed E-state index contributed by atoms with van der Waals surface area (Å²) in [6.07, 6.45) is 80.1. The van der Waals surface area contributed by atoms with E-state index in [9.17, 15) is 43.2 Å². The van der Waals surface area contributed by atoms with Crippen LogP contribution in [0, 0.1) is 0 Å². The van der Waals surface area contributed by atoms with Gasteiger partial charge in [0, 0.05) is 25.7 Å². The lowest BCUT2D eigenvalue weighted by atomic mass is 10.0. The van der Waals surface area contributed by atoms with Crippen LogP contribution in [0.25, 0.3) is 0 Å². The number of carbonyl (C=O) groups is 4. The number of allylic oxidation sites excluding steroid dienone is 12. The van der Waals surface area contributed by atoms with Crippen LogP contribution in [0.4, 0.5) is 0 Å². The number of carbonyl (C=O) groups excluding carboxylic acids is 4. The summed E-state index contributed by atoms with van der Waals surface area (Å²) in [5.74, 6) is -2.18. The van der Waals surface area contributed by atoms with E-state index in [4.69, 9.17) is 37.0 Å². The Labute approximate surface area is 634 Å². The normalized spacial score (nSPS) is 14.2. The van der Waals surface area contributed by atoms with Gasteiger partial charge < -0.3 is 33.8 Å². The van der Waals surface area contributed by atoms with Crippen molar-refractivity contribution in [3.8, 4) is 0 Å². The molecule has 2 unspecified atom stereocenters. The number of hydrogen-bond donors (Lipinski definition) is 3. The highest BCUT2D eigenvalue weighted by atomic mass is 31.2. The number of unbranched alkanes of at least 4 members (excludes halogenated alkanes) is 42. The summed E-state index contributed by atoms with van der Waals surface area (Å²) in [7, 11) is -9.96. The molecule has 0 heterocycles. The van der Waals surface area contributed by atoms with Gasteiger partial charge in [-0.15, -0.1) is 0 Å². The van der Waals surface area contributed by atoms with Crippen molar-refractivity contribution < 1.29 is 80.2 Å². The Balaban J connectivity index is 5.36. The van der Waals surface area contributed by atoms with E-state index < -0.39 is 97.5 Å². The first kappa shape index (κ1) is 100. The summed E-state index contributed by atoms with van der Waals surface area (Å²) in [6, 6.07) is 0. The molecule has 0 aromatic heterocycles. The van der Waals surface area contributed by atoms with Crippen molar-refractivity contribution in [2.45, 2.75) is 406 Å². The maximum atomic E-state index is 13.1. The third-order valence-corrected chi connectivity index (χ3v) is 20.1. The second kappa shape index (κ2) is 77.7. The lowest BCUT2D eigenvalue weighted by Crippen LogP contribution is -2.30. The molecular formula is C85H154O17P2. The van der Waals surface area contributed by atoms with E-state index in [2.05, 4.69) is 101 Å². The first-order valence-electron chi connectivity index (χ1n) is 42.2. The van der Waals surface area contributed by atoms with Crippen molar-refractivity contribution in [2.75, 3.05) is 39.6 Å². The summed E-state index contributed by atoms with van der Waals surface area (Å²) in [5.41, 5.74) is 0. The fraction of sp³-hybridized carbons (Fsp3) is 0.812. The zero-order valence-electron chi connectivity index (χ0n) is 66.5. The van der Waals surface area contributed by atoms with Gasteiger partial charge in [0.25, 0.3) is 0 Å². The zero-order chi connectivity index (χ0) is 76.0. The van der Waals surface area contributed by atoms with Gasteiger partial charge in [0.05, 0.1) is 26.4 Å². The number of phosphoric acid groups is 2. The fourth-order valence-electron chi connectivity index (χ4n) is 11.8. The number of aliphatic hydroxyl groups excluding tert-OH is 1. The first-order valence-corrected chi connectivity index (χ1v) is 45.2. The Morgan fingerprint density at radius 3 is 0.788 bits per heavy atom. The van der Waals surface area contributed by atoms with Crippen molar-refractivity contribution >= 4 is 39.5 Å². The smallest absolute Gasteiger partial charge is 0.462 e. The van der Waals surface area contributed by atoms with E-state index in [0.717, 1.165) is 135 Å². The molecule has 0 bridgehead atoms. The largest absolute Gasteiger partial charge is 0.472 e. The molecule has 0 saturated carbocycles. The van der Waals surface area contributed by atoms with Gasteiger partial charge in [-0.05, 0) is 96.3 Å². The summed E-state index contributed by atoms with van der Waals surface area (Å²) in [4.78, 5) is 73.1. The standard InChI is InChI=1S/C85H154O17P2/c1-5-9-13-17-21-25-29-33-37-38-39-40-44-46-50-54-58-62-66-70-83(88)96-76-81(102-85(90)72-68-64-60-56-52-48-43-36-32-28-24-20-16-12-8-4)78-100-104(93,94)98-74-79(86)73-97-103(91,92)99-77-80(101-84(89)71-67-63-59-55-51-47-42-35-31-27-23-19-15-11-7-3)75-95-82(87)69-65-61-57-53-49-45-41-34-30-26-22-18-14-10-6-2/h9,13,21,25,33,35,37,39-40,42,46,50,79-81,86H,5-8,10-12,14-20,22-24,26-32,34,36,38,41,43-45,47-49,51-78H2,1-4H3,(H,91,92)(H,93,94)/b13-9-,25-21-,37-33-,40-39-,42-35-,50-46-/t79-,80+,81+/m0/s1. The maximum Gasteiger partial charge on any atom is 0.472 e. The minimum atomic E-state index is -4.98. The maximum absolute atomic E-state index is 13.1. The van der Waals surface area contributed by atoms with Crippen LogP contribution < -0.4 is 0 Å². The first-order chi connectivity index (χ1) is 50.7. The van der Waals surface area contributed by atoms with Gasteiger partial charge in [-0.1, -0.05) is 338 Å². The van der Waals surface area contributed by atoms with Crippen LogP contribution in [-0.2, 0) is 65.4 Å². The summed E-state index contributed by atoms with van der Waals surface area (Å²) >= 11 is 0. The van der Waals surface area contributed by atoms with E-state index in [1.807, 2.05) is 0 Å². The monoisotopic (exact) mass is 1510 g/mol. The SMILES string of the molecule is CC/C=C\C/C=C\C/C=C\C/C=C\C/C=C\CCCCCC(=O)OC[C@H](COP(=O)(O)OC[C@@H](O)COP(=O)(O)OC[C@@H](COC(=O)CCCCCCCCCCCCCCCCC)OC(=O)CCCCCCC/C=C\CCCCCCCC)OC(=O)CCCCCCCCCCCCCCCCC. The molecule has 0 aliphatic rings. The number of phosphoric ester groups is 2. The molecule has 0 saturated heterocycles. The van der Waals surface area contributed by atoms with Gasteiger partial charge in [-0.3, -0.25) is 37.3 Å². The fourth-order valence-corrected chi connectivity index (χ4v) is 13.4. The summed E-state index contributed by atoms with van der Waals surface area (Å²) in [5, 5.41) is 10.7. The number of hydrogen-bond acceptors (Lipinski definition) is 15. The third-order valence-electron chi connectivity index (χ3n) is 18.2. The molecule has 0 radical (unpaired) electrons. The van der Waals surface area contributed by atoms with Crippen molar-refractivity contribution in [1.82, 2.24) is 0 Å². The molecule has 104 heavy (non-hydrogen) atoms. The molecule has 0 aliphatic carbocycles. The van der Waals surface area contributed by atoms with Crippen LogP contribution in [0.5, 0.6) is 0 Å². The predicted molar refractivity (Wildman–Crippen MR) is 427 cm³/mol. The van der Waals surface area contributed by atoms with Crippen LogP contribution in [0.3, 0.4) is 0 Å². The highest BCUT2D eigenvalue weighted by Gasteiger charge is 2.30. The van der Waals surface area contributed by atoms with Crippen LogP contribution in [0.15, 0.2) is 72.9 Å². The molecule has 17 nitrogen and oxygen atoms in total. The van der Waals surface area contributed by atoms with Crippen LogP contribution in [0.2, 0.25) is 0 Å². The van der Waals surface area contributed by atoms with Gasteiger partial charge in [0.2, 0.25) is 0 Å². The third kappa shape index (κ3) is 76.7. The number of aliphatic hydroxyl groups is 1. The summed E-state index contributed by atoms with van der Waals surface area (Å²) < 4.78 is 68.7. The van der Waals surface area contributed by atoms with Crippen LogP contribution >= 0.6 is 15.6 Å². The second-order valence-electron chi connectivity index (χ2n) is 28.4. The van der Waals surface area contributed by atoms with Crippen molar-refractivity contribution in [3.05, 3.63) is 72.9 Å². The topological polar surface area (TPSA) is 237 Å². The molecule has 0 amide bonds. The van der Waals surface area contributed by atoms with E-state index >= 15 is 0 Å². The Kier molecular flexibility index (Phi) is 75.0. The molecule has 606 valence electrons. The molecule has 0 aromatic rings. The molecule has 0 fully saturated rings. The Morgan fingerprint density at radius 2 is 0.500 bits per heavy atom. The molecule has 5 atom stereocenters. The zero-order valence-corrected chi connectivity index (χ0v) is 68.2. The number of esters is 4. The molecule has 0 spiro atoms. The highest BCUT2D eigenvalue weighted by Crippen LogP contribution is 2.45. The molecule has 0 aromatic carbocycles. The van der Waals surface area contributed by atoms with Crippen molar-refractivity contribution in [1.29, 1.82) is 0 Å². The summed E-state index contributed by atoms with van der Waals surface area (Å²) in [6.45, 7) is 4.81. The second-order valence-corrected chi connectivity index (χ2v) is 31.3. The number of rotatable bonds is 80. The van der Waals surface area contributed by atoms with Crippen LogP contribution in [0.1, 0.15) is 387 Å². The van der Waals surface area contributed by atoms with E-state index in [-0.39, 0.29) is 25.7 Å². The van der Waals surface area contributed by atoms with E-state index in [0.29, 0.717) is 25.7 Å². The van der Waals surface area contributed by atoms with Crippen molar-refractivity contribution in [2.24, 2.45) is 0 Å². The highest BCUT2D eigenvalue weighted by molar-refractivity contribution is 7.47. The van der Waals surface area contributed by atoms with Gasteiger partial charge >= 0.3 is 39.5 Å². The average molecular weight is 1510 g/mol. The Hall–Kier alpha value is -3.50. The molecule has 0 aliphatic heterocycles. The minimum absolute atomic E-state index is 0.0901. The van der Waals surface area contributed by atoms with E-state index in [1.165, 1.54) is 173 Å². The number of ether oxygens (including phenoxy) is 4. The predicted octanol–water partition coefficient (Wildman–Crippen LogP) is 24.8. The molecule has 3 N–H and O–H groups in total. The van der Waals surface area contributed by atoms with Gasteiger partial charge in [-0.2, -0.15) is 0 Å². The minimum Gasteiger partial charge on any atom is -0.462 e. The van der Waals surface area contributed by atoms with Crippen LogP contribution in [-0.4, -0.2) is 96.7 Å². The van der Waals surface area contributed by atoms with Gasteiger partial charge in [-0.25, -0.2) is 9.13 Å². The average Bonchev–Trinajstić information content (AvgIpc) is 0.918. The lowest BCUT2D eigenvalue weighted by molar-refractivity contribution is -0.161. The Morgan fingerprint density at radius 1 is 0.279 bits per heavy atom. The molecule has 0 rings (SSSR count). The van der Waals surface area contributed by atoms with Crippen molar-refractivity contribution in [3.63, 3.8) is 0 Å². The Bertz CT molecular complexity index is 2250. The molecule has 19 heteroatoms. The quantitative estimate of drug-likeness (QED) is 0.0169.